The number of non-ortho nitro benzene ring substituents is 1. The Morgan fingerprint density at radius 2 is 0.764 bits per heavy atom. The van der Waals surface area contributed by atoms with E-state index in [0.29, 0.717) is 48.0 Å². The summed E-state index contributed by atoms with van der Waals surface area (Å²) in [6.45, 7) is 30.3. The average Bonchev–Trinajstić information content (AvgIpc) is 1.30. The number of hydrogen-bond donors (Lipinski definition) is 0. The molecular formula is C89H129N7O10. The number of hydrogen-bond acceptors (Lipinski definition) is 16. The summed E-state index contributed by atoms with van der Waals surface area (Å²) >= 11 is 0. The number of ketones is 3. The number of nitro benzene ring substituents is 1. The number of carbonyl (C=O) groups excluding carboxylic acids is 3. The van der Waals surface area contributed by atoms with E-state index >= 15 is 0 Å². The summed E-state index contributed by atoms with van der Waals surface area (Å²) in [6, 6.07) is 40.1. The maximum Gasteiger partial charge on any atom is 0.269 e. The molecule has 106 heavy (non-hydrogen) atoms. The third kappa shape index (κ3) is 31.2. The van der Waals surface area contributed by atoms with Gasteiger partial charge in [-0.1, -0.05) is 59.3 Å². The van der Waals surface area contributed by atoms with Gasteiger partial charge in [0.05, 0.1) is 49.6 Å². The topological polar surface area (TPSA) is 180 Å². The van der Waals surface area contributed by atoms with Crippen LogP contribution in [-0.4, -0.2) is 177 Å². The second-order valence-electron chi connectivity index (χ2n) is 30.8. The van der Waals surface area contributed by atoms with E-state index in [2.05, 4.69) is 58.3 Å². The molecule has 3 atom stereocenters. The highest BCUT2D eigenvalue weighted by Gasteiger charge is 2.28. The Labute approximate surface area is 636 Å². The number of carbonyl (C=O) groups is 3. The Balaban J connectivity index is 0.000000168. The number of Topliss-reactive ketones (excluding diaryl/α,β-unsaturated/α-hetero) is 3. The van der Waals surface area contributed by atoms with Crippen LogP contribution in [0.25, 0.3) is 0 Å². The molecule has 7 fully saturated rings. The van der Waals surface area contributed by atoms with Crippen LogP contribution in [-0.2, 0) is 0 Å². The third-order valence-corrected chi connectivity index (χ3v) is 22.3. The first kappa shape index (κ1) is 84.4. The van der Waals surface area contributed by atoms with Crippen molar-refractivity contribution in [3.63, 3.8) is 0 Å². The predicted octanol–water partition coefficient (Wildman–Crippen LogP) is 18.7. The maximum atomic E-state index is 12.3. The third-order valence-electron chi connectivity index (χ3n) is 22.3. The molecule has 0 amide bonds. The zero-order valence-corrected chi connectivity index (χ0v) is 65.3. The number of nitro groups is 1. The van der Waals surface area contributed by atoms with Gasteiger partial charge in [0, 0.05) is 98.4 Å². The lowest BCUT2D eigenvalue weighted by molar-refractivity contribution is -0.384. The molecule has 0 aromatic heterocycles. The molecule has 7 aliphatic rings. The van der Waals surface area contributed by atoms with Gasteiger partial charge in [0.25, 0.3) is 5.69 Å². The van der Waals surface area contributed by atoms with Gasteiger partial charge in [0.2, 0.25) is 0 Å². The van der Waals surface area contributed by atoms with Gasteiger partial charge in [-0.3, -0.25) is 29.4 Å². The molecule has 0 spiro atoms. The van der Waals surface area contributed by atoms with Crippen LogP contribution in [0.5, 0.6) is 28.7 Å². The van der Waals surface area contributed by atoms with Crippen molar-refractivity contribution in [1.29, 1.82) is 5.26 Å². The molecule has 5 aromatic rings. The second kappa shape index (κ2) is 48.3. The standard InChI is InChI=1S/C20H29NO2.C19H27NO2.C18H27NO2.C17H24N2O.C15H22N2O3/c22-20(17-7-2-3-8-17)18-9-11-19(12-10-18)23-16-6-15-21-13-4-1-5-14-21;21-19(16-6-4-7-16)17-8-10-18(11-9-17)22-15-5-14-20-12-2-1-3-13-20;1-3-18(20)16-7-9-17(10-8-16)21-13-5-12-19-11-4-6-15(2)14-19;1-14-5-3-6-15(2)19(14)11-4-12-20-17-9-7-16(13-18)8-10-17;1-13-7-10-16(11-8-13)9-2-12-20-15-5-3-14(4-6-15)17(18)19/h9-12,17H,1-8,13-16H2;8-11,16H,1-7,12-15H2;7-10,15H,3-6,11-14H2,1-2H3;7-10,14-15H,3-6,11-12H2,1-2H3;3-6,13H,2,7-12H2,1H3. The molecule has 5 aromatic carbocycles. The lowest BCUT2D eigenvalue weighted by Gasteiger charge is -2.39. The minimum absolute atomic E-state index is 0.0970. The molecule has 17 heteroatoms. The largest absolute Gasteiger partial charge is 0.494 e. The van der Waals surface area contributed by atoms with Crippen LogP contribution in [0.1, 0.15) is 238 Å². The number of likely N-dealkylation sites (tertiary alicyclic amines) is 5. The molecule has 0 bridgehead atoms. The number of rotatable bonds is 32. The highest BCUT2D eigenvalue weighted by Crippen LogP contribution is 2.32. The van der Waals surface area contributed by atoms with Crippen LogP contribution >= 0.6 is 0 Å². The van der Waals surface area contributed by atoms with Crippen LogP contribution in [0.15, 0.2) is 121 Å². The van der Waals surface area contributed by atoms with Gasteiger partial charge >= 0.3 is 0 Å². The van der Waals surface area contributed by atoms with E-state index < -0.39 is 4.92 Å². The van der Waals surface area contributed by atoms with Gasteiger partial charge in [-0.05, 0) is 303 Å². The smallest absolute Gasteiger partial charge is 0.269 e. The highest BCUT2D eigenvalue weighted by molar-refractivity contribution is 5.99. The Morgan fingerprint density at radius 3 is 1.15 bits per heavy atom. The van der Waals surface area contributed by atoms with Crippen LogP contribution in [0.3, 0.4) is 0 Å². The van der Waals surface area contributed by atoms with Crippen molar-refractivity contribution in [2.24, 2.45) is 23.7 Å². The second-order valence-corrected chi connectivity index (χ2v) is 30.8. The molecule has 2 saturated carbocycles. The van der Waals surface area contributed by atoms with Gasteiger partial charge in [-0.25, -0.2) is 0 Å². The quantitative estimate of drug-likeness (QED) is 0.0171. The van der Waals surface area contributed by atoms with Crippen molar-refractivity contribution >= 4 is 23.0 Å². The first-order valence-electron chi connectivity index (χ1n) is 41.2. The van der Waals surface area contributed by atoms with Crippen LogP contribution in [0.2, 0.25) is 0 Å². The molecular weight excluding hydrogens is 1330 g/mol. The molecule has 5 saturated heterocycles. The van der Waals surface area contributed by atoms with E-state index in [1.807, 2.05) is 91.9 Å². The van der Waals surface area contributed by atoms with Crippen molar-refractivity contribution in [3.05, 3.63) is 154 Å². The molecule has 0 N–H and O–H groups in total. The van der Waals surface area contributed by atoms with E-state index in [9.17, 15) is 24.5 Å². The first-order chi connectivity index (χ1) is 51.7. The lowest BCUT2D eigenvalue weighted by Crippen LogP contribution is -2.44. The van der Waals surface area contributed by atoms with Crippen molar-refractivity contribution in [2.75, 3.05) is 118 Å². The first-order valence-corrected chi connectivity index (χ1v) is 41.2. The number of nitrogens with zero attached hydrogens (tertiary/aromatic N) is 7. The number of benzene rings is 5. The zero-order chi connectivity index (χ0) is 74.9. The fourth-order valence-electron chi connectivity index (χ4n) is 15.4. The van der Waals surface area contributed by atoms with Gasteiger partial charge < -0.3 is 43.3 Å². The normalized spacial score (nSPS) is 19.8. The summed E-state index contributed by atoms with van der Waals surface area (Å²) in [7, 11) is 0. The van der Waals surface area contributed by atoms with Crippen LogP contribution < -0.4 is 23.7 Å². The maximum absolute atomic E-state index is 12.3. The summed E-state index contributed by atoms with van der Waals surface area (Å²) in [5.74, 6) is 7.20. The Morgan fingerprint density at radius 1 is 0.406 bits per heavy atom. The minimum Gasteiger partial charge on any atom is -0.494 e. The molecule has 12 rings (SSSR count). The number of nitriles is 1. The summed E-state index contributed by atoms with van der Waals surface area (Å²) in [5, 5.41) is 19.3. The van der Waals surface area contributed by atoms with Gasteiger partial charge in [0.15, 0.2) is 17.3 Å². The van der Waals surface area contributed by atoms with E-state index in [1.165, 1.54) is 167 Å². The zero-order valence-electron chi connectivity index (χ0n) is 65.3. The van der Waals surface area contributed by atoms with E-state index in [4.69, 9.17) is 28.9 Å². The fourth-order valence-corrected chi connectivity index (χ4v) is 15.4. The van der Waals surface area contributed by atoms with Crippen molar-refractivity contribution in [3.8, 4) is 34.8 Å². The average molecular weight is 1460 g/mol. The molecule has 0 radical (unpaired) electrons. The Kier molecular flexibility index (Phi) is 38.4. The molecule has 17 nitrogen and oxygen atoms in total. The molecule has 5 heterocycles. The van der Waals surface area contributed by atoms with Crippen LogP contribution in [0, 0.1) is 45.1 Å². The summed E-state index contributed by atoms with van der Waals surface area (Å²) in [5.41, 5.74) is 3.23. The molecule has 580 valence electrons. The Hall–Kier alpha value is -7.20. The monoisotopic (exact) mass is 1460 g/mol. The molecule has 5 aliphatic heterocycles. The molecule has 2 aliphatic carbocycles. The van der Waals surface area contributed by atoms with Gasteiger partial charge in [-0.15, -0.1) is 0 Å². The summed E-state index contributed by atoms with van der Waals surface area (Å²) in [4.78, 5) is 58.8. The number of ether oxygens (including phenoxy) is 5. The Bertz CT molecular complexity index is 3290. The van der Waals surface area contributed by atoms with Crippen molar-refractivity contribution < 1.29 is 43.0 Å². The summed E-state index contributed by atoms with van der Waals surface area (Å²) in [6.07, 6.45) is 31.1. The minimum atomic E-state index is -0.402. The number of piperidine rings is 5. The van der Waals surface area contributed by atoms with E-state index in [1.54, 1.807) is 24.3 Å². The SMILES string of the molecule is CC1CCCC(C)N1CCCOc1ccc(C#N)cc1.CC1CCN(CCCOc2ccc([N+](=O)[O-])cc2)CC1.CCC(=O)c1ccc(OCCCN2CCCC(C)C2)cc1.O=C(c1ccc(OCCCN2CCCCC2)cc1)C1CCC1.O=C(c1ccc(OCCCN2CCCCC2)cc1)C1CCCC1. The van der Waals surface area contributed by atoms with Crippen molar-refractivity contribution in [2.45, 2.75) is 214 Å². The fraction of sp³-hybridized carbons (Fsp3) is 0.618. The van der Waals surface area contributed by atoms with E-state index in [0.717, 1.165) is 168 Å². The van der Waals surface area contributed by atoms with Crippen LogP contribution in [0.4, 0.5) is 5.69 Å². The van der Waals surface area contributed by atoms with Crippen molar-refractivity contribution in [1.82, 2.24) is 24.5 Å². The highest BCUT2D eigenvalue weighted by atomic mass is 16.6. The summed E-state index contributed by atoms with van der Waals surface area (Å²) < 4.78 is 28.7. The lowest BCUT2D eigenvalue weighted by atomic mass is 9.80. The molecule has 3 unspecified atom stereocenters. The van der Waals surface area contributed by atoms with Gasteiger partial charge in [0.1, 0.15) is 28.7 Å². The van der Waals surface area contributed by atoms with Gasteiger partial charge in [-0.2, -0.15) is 5.26 Å². The van der Waals surface area contributed by atoms with E-state index in [-0.39, 0.29) is 23.3 Å². The predicted molar refractivity (Wildman–Crippen MR) is 426 cm³/mol.